The monoisotopic (exact) mass is 266 g/mol. The fourth-order valence-electron chi connectivity index (χ4n) is 3.15. The molecule has 0 amide bonds. The lowest BCUT2D eigenvalue weighted by Crippen LogP contribution is -2.52. The van der Waals surface area contributed by atoms with E-state index in [1.165, 1.54) is 25.7 Å². The van der Waals surface area contributed by atoms with E-state index in [1.807, 2.05) is 18.2 Å². The Bertz CT molecular complexity index is 436. The van der Waals surface area contributed by atoms with Gasteiger partial charge in [0.2, 0.25) is 0 Å². The minimum absolute atomic E-state index is 0.376. The third-order valence-electron chi connectivity index (χ3n) is 4.01. The van der Waals surface area contributed by atoms with Crippen LogP contribution < -0.4 is 10.6 Å². The van der Waals surface area contributed by atoms with Crippen molar-refractivity contribution < 1.29 is 4.74 Å². The maximum absolute atomic E-state index is 6.33. The number of fused-ring (bicyclic) bond motifs is 1. The van der Waals surface area contributed by atoms with Gasteiger partial charge < -0.3 is 15.4 Å². The Labute approximate surface area is 113 Å². The second kappa shape index (κ2) is 4.98. The normalized spacial score (nSPS) is 27.9. The molecule has 1 saturated carbocycles. The van der Waals surface area contributed by atoms with E-state index in [2.05, 4.69) is 4.90 Å². The summed E-state index contributed by atoms with van der Waals surface area (Å²) in [7, 11) is 0. The summed E-state index contributed by atoms with van der Waals surface area (Å²) in [5.74, 6) is 0. The first-order valence-electron chi connectivity index (χ1n) is 6.69. The summed E-state index contributed by atoms with van der Waals surface area (Å²) in [6, 6.07) is 6.28. The molecule has 0 spiro atoms. The second-order valence-corrected chi connectivity index (χ2v) is 5.57. The van der Waals surface area contributed by atoms with Gasteiger partial charge in [-0.1, -0.05) is 24.4 Å². The summed E-state index contributed by atoms with van der Waals surface area (Å²) in [5, 5.41) is 0.751. The van der Waals surface area contributed by atoms with Crippen molar-refractivity contribution in [1.82, 2.24) is 0 Å². The van der Waals surface area contributed by atoms with Crippen LogP contribution in [0.3, 0.4) is 0 Å². The molecule has 2 fully saturated rings. The highest BCUT2D eigenvalue weighted by Gasteiger charge is 2.34. The number of rotatable bonds is 1. The van der Waals surface area contributed by atoms with Gasteiger partial charge >= 0.3 is 0 Å². The number of ether oxygens (including phenoxy) is 1. The SMILES string of the molecule is Nc1ccc(N2CCOC3CCCCC32)c(Cl)c1. The lowest BCUT2D eigenvalue weighted by molar-refractivity contribution is -0.00866. The van der Waals surface area contributed by atoms with Gasteiger partial charge in [-0.3, -0.25) is 0 Å². The molecule has 1 heterocycles. The Hall–Kier alpha value is -0.930. The Morgan fingerprint density at radius 2 is 2.11 bits per heavy atom. The molecule has 98 valence electrons. The molecule has 1 aromatic carbocycles. The fourth-order valence-corrected chi connectivity index (χ4v) is 3.45. The first-order valence-corrected chi connectivity index (χ1v) is 7.07. The minimum atomic E-state index is 0.376. The van der Waals surface area contributed by atoms with Crippen LogP contribution in [0.4, 0.5) is 11.4 Å². The quantitative estimate of drug-likeness (QED) is 0.794. The van der Waals surface area contributed by atoms with Crippen LogP contribution in [-0.4, -0.2) is 25.3 Å². The van der Waals surface area contributed by atoms with Gasteiger partial charge in [0.1, 0.15) is 0 Å². The Morgan fingerprint density at radius 3 is 2.94 bits per heavy atom. The van der Waals surface area contributed by atoms with E-state index >= 15 is 0 Å². The molecule has 1 saturated heterocycles. The molecule has 1 aromatic rings. The van der Waals surface area contributed by atoms with Gasteiger partial charge in [0.25, 0.3) is 0 Å². The molecule has 3 rings (SSSR count). The molecule has 2 aliphatic rings. The highest BCUT2D eigenvalue weighted by atomic mass is 35.5. The molecule has 4 heteroatoms. The zero-order valence-electron chi connectivity index (χ0n) is 10.4. The highest BCUT2D eigenvalue weighted by molar-refractivity contribution is 6.33. The standard InChI is InChI=1S/C14H19ClN2O/c15-11-9-10(16)5-6-12(11)17-7-8-18-14-4-2-1-3-13(14)17/h5-6,9,13-14H,1-4,7-8,16H2. The second-order valence-electron chi connectivity index (χ2n) is 5.17. The van der Waals surface area contributed by atoms with Crippen molar-refractivity contribution in [1.29, 1.82) is 0 Å². The van der Waals surface area contributed by atoms with Gasteiger partial charge in [-0.15, -0.1) is 0 Å². The third kappa shape index (κ3) is 2.17. The number of hydrogen-bond donors (Lipinski definition) is 1. The molecule has 0 aromatic heterocycles. The van der Waals surface area contributed by atoms with Crippen molar-refractivity contribution in [2.75, 3.05) is 23.8 Å². The first kappa shape index (κ1) is 12.1. The molecule has 0 bridgehead atoms. The van der Waals surface area contributed by atoms with Gasteiger partial charge in [0.05, 0.1) is 29.5 Å². The summed E-state index contributed by atoms with van der Waals surface area (Å²) in [5.41, 5.74) is 7.58. The van der Waals surface area contributed by atoms with Crippen LogP contribution in [0.15, 0.2) is 18.2 Å². The van der Waals surface area contributed by atoms with E-state index in [0.717, 1.165) is 29.5 Å². The molecule has 1 aliphatic carbocycles. The third-order valence-corrected chi connectivity index (χ3v) is 4.32. The van der Waals surface area contributed by atoms with E-state index in [-0.39, 0.29) is 0 Å². The first-order chi connectivity index (χ1) is 8.75. The van der Waals surface area contributed by atoms with E-state index in [4.69, 9.17) is 22.1 Å². The number of nitrogen functional groups attached to an aromatic ring is 1. The maximum Gasteiger partial charge on any atom is 0.0779 e. The number of benzene rings is 1. The number of anilines is 2. The van der Waals surface area contributed by atoms with E-state index in [0.29, 0.717) is 12.1 Å². The summed E-state index contributed by atoms with van der Waals surface area (Å²) in [6.45, 7) is 1.71. The summed E-state index contributed by atoms with van der Waals surface area (Å²) in [6.07, 6.45) is 5.32. The Kier molecular flexibility index (Phi) is 3.35. The van der Waals surface area contributed by atoms with Crippen molar-refractivity contribution in [3.8, 4) is 0 Å². The molecular weight excluding hydrogens is 248 g/mol. The number of nitrogens with zero attached hydrogens (tertiary/aromatic N) is 1. The van der Waals surface area contributed by atoms with Crippen molar-refractivity contribution >= 4 is 23.0 Å². The molecule has 2 N–H and O–H groups in total. The molecule has 2 unspecified atom stereocenters. The van der Waals surface area contributed by atoms with Gasteiger partial charge in [-0.05, 0) is 31.0 Å². The predicted octanol–water partition coefficient (Wildman–Crippen LogP) is 3.07. The average molecular weight is 267 g/mol. The van der Waals surface area contributed by atoms with Crippen LogP contribution in [0.2, 0.25) is 5.02 Å². The van der Waals surface area contributed by atoms with Crippen LogP contribution in [-0.2, 0) is 4.74 Å². The number of hydrogen-bond acceptors (Lipinski definition) is 3. The molecular formula is C14H19ClN2O. The molecule has 1 aliphatic heterocycles. The summed E-state index contributed by atoms with van der Waals surface area (Å²) < 4.78 is 5.89. The smallest absolute Gasteiger partial charge is 0.0779 e. The van der Waals surface area contributed by atoms with Gasteiger partial charge in [0.15, 0.2) is 0 Å². The van der Waals surface area contributed by atoms with Crippen LogP contribution >= 0.6 is 11.6 Å². The van der Waals surface area contributed by atoms with Crippen LogP contribution in [0, 0.1) is 0 Å². The lowest BCUT2D eigenvalue weighted by Gasteiger charge is -2.45. The summed E-state index contributed by atoms with van der Waals surface area (Å²) >= 11 is 6.33. The summed E-state index contributed by atoms with van der Waals surface area (Å²) in [4.78, 5) is 2.41. The molecule has 2 atom stereocenters. The topological polar surface area (TPSA) is 38.5 Å². The van der Waals surface area contributed by atoms with E-state index < -0.39 is 0 Å². The highest BCUT2D eigenvalue weighted by Crippen LogP contribution is 2.36. The maximum atomic E-state index is 6.33. The van der Waals surface area contributed by atoms with Gasteiger partial charge in [0, 0.05) is 12.2 Å². The van der Waals surface area contributed by atoms with Crippen molar-refractivity contribution in [2.45, 2.75) is 37.8 Å². The minimum Gasteiger partial charge on any atom is -0.399 e. The van der Waals surface area contributed by atoms with Crippen LogP contribution in [0.1, 0.15) is 25.7 Å². The molecule has 3 nitrogen and oxygen atoms in total. The zero-order valence-corrected chi connectivity index (χ0v) is 11.2. The Balaban J connectivity index is 1.89. The fraction of sp³-hybridized carbons (Fsp3) is 0.571. The number of nitrogens with two attached hydrogens (primary N) is 1. The van der Waals surface area contributed by atoms with Crippen LogP contribution in [0.5, 0.6) is 0 Å². The predicted molar refractivity (Wildman–Crippen MR) is 75.2 cm³/mol. The van der Waals surface area contributed by atoms with Gasteiger partial charge in [-0.25, -0.2) is 0 Å². The number of morpholine rings is 1. The average Bonchev–Trinajstić information content (AvgIpc) is 2.38. The molecule has 0 radical (unpaired) electrons. The van der Waals surface area contributed by atoms with Crippen molar-refractivity contribution in [2.24, 2.45) is 0 Å². The number of halogens is 1. The largest absolute Gasteiger partial charge is 0.399 e. The van der Waals surface area contributed by atoms with E-state index in [9.17, 15) is 0 Å². The van der Waals surface area contributed by atoms with Crippen molar-refractivity contribution in [3.63, 3.8) is 0 Å². The lowest BCUT2D eigenvalue weighted by atomic mass is 9.90. The van der Waals surface area contributed by atoms with Gasteiger partial charge in [-0.2, -0.15) is 0 Å². The van der Waals surface area contributed by atoms with E-state index in [1.54, 1.807) is 0 Å². The Morgan fingerprint density at radius 1 is 1.28 bits per heavy atom. The van der Waals surface area contributed by atoms with Crippen molar-refractivity contribution in [3.05, 3.63) is 23.2 Å². The molecule has 18 heavy (non-hydrogen) atoms. The zero-order chi connectivity index (χ0) is 12.5. The van der Waals surface area contributed by atoms with Crippen LogP contribution in [0.25, 0.3) is 0 Å².